The molecule has 0 aromatic heterocycles. The van der Waals surface area contributed by atoms with Crippen LogP contribution in [0.4, 0.5) is 4.79 Å². The van der Waals surface area contributed by atoms with Crippen molar-refractivity contribution in [1.29, 1.82) is 0 Å². The molecule has 2 fully saturated rings. The summed E-state index contributed by atoms with van der Waals surface area (Å²) in [4.78, 5) is 38.5. The van der Waals surface area contributed by atoms with E-state index in [-0.39, 0.29) is 23.9 Å². The van der Waals surface area contributed by atoms with E-state index in [0.717, 1.165) is 44.9 Å². The highest BCUT2D eigenvalue weighted by Crippen LogP contribution is 2.35. The number of imide groups is 1. The van der Waals surface area contributed by atoms with Crippen LogP contribution in [0.5, 0.6) is 0 Å². The molecule has 1 saturated carbocycles. The average molecular weight is 369 g/mol. The van der Waals surface area contributed by atoms with E-state index in [1.54, 1.807) is 0 Å². The number of hydrogen-bond acceptors (Lipinski definition) is 3. The fraction of sp³-hybridized carbons (Fsp3) is 0.571. The Balaban J connectivity index is 1.28. The molecule has 1 atom stereocenters. The number of rotatable bonds is 5. The maximum absolute atomic E-state index is 12.6. The molecule has 0 radical (unpaired) electrons. The summed E-state index contributed by atoms with van der Waals surface area (Å²) in [6, 6.07) is 8.04. The van der Waals surface area contributed by atoms with Gasteiger partial charge in [-0.15, -0.1) is 0 Å². The van der Waals surface area contributed by atoms with E-state index in [2.05, 4.69) is 22.8 Å². The molecule has 1 saturated heterocycles. The summed E-state index contributed by atoms with van der Waals surface area (Å²) in [5.41, 5.74) is 1.87. The van der Waals surface area contributed by atoms with Gasteiger partial charge in [0, 0.05) is 13.0 Å². The molecule has 1 heterocycles. The molecular weight excluding hydrogens is 342 g/mol. The molecule has 3 aliphatic rings. The number of benzene rings is 1. The lowest BCUT2D eigenvalue weighted by molar-refractivity contribution is -0.131. The molecule has 6 nitrogen and oxygen atoms in total. The Kier molecular flexibility index (Phi) is 4.89. The SMILES string of the molecule is O=C(CCCN1C(=O)NC2(CCCC2)C1=O)N[C@H]1CCCc2ccccc21. The van der Waals surface area contributed by atoms with Crippen molar-refractivity contribution < 1.29 is 14.4 Å². The van der Waals surface area contributed by atoms with Gasteiger partial charge in [0.15, 0.2) is 0 Å². The Morgan fingerprint density at radius 1 is 1.19 bits per heavy atom. The van der Waals surface area contributed by atoms with Crippen molar-refractivity contribution >= 4 is 17.8 Å². The highest BCUT2D eigenvalue weighted by Gasteiger charge is 2.52. The fourth-order valence-corrected chi connectivity index (χ4v) is 4.76. The normalized spacial score (nSPS) is 23.4. The molecule has 1 aliphatic heterocycles. The van der Waals surface area contributed by atoms with E-state index in [4.69, 9.17) is 0 Å². The second-order valence-electron chi connectivity index (χ2n) is 7.99. The van der Waals surface area contributed by atoms with Crippen molar-refractivity contribution in [3.63, 3.8) is 0 Å². The molecule has 6 heteroatoms. The summed E-state index contributed by atoms with van der Waals surface area (Å²) in [6.07, 6.45) is 7.33. The van der Waals surface area contributed by atoms with Gasteiger partial charge in [-0.3, -0.25) is 14.5 Å². The van der Waals surface area contributed by atoms with Gasteiger partial charge >= 0.3 is 6.03 Å². The summed E-state index contributed by atoms with van der Waals surface area (Å²) < 4.78 is 0. The first-order chi connectivity index (χ1) is 13.1. The van der Waals surface area contributed by atoms with Crippen LogP contribution < -0.4 is 10.6 Å². The van der Waals surface area contributed by atoms with Gasteiger partial charge in [-0.2, -0.15) is 0 Å². The number of amides is 4. The third kappa shape index (κ3) is 3.45. The van der Waals surface area contributed by atoms with E-state index in [1.807, 2.05) is 12.1 Å². The second kappa shape index (κ2) is 7.33. The minimum absolute atomic E-state index is 0.0145. The zero-order valence-corrected chi connectivity index (χ0v) is 15.6. The number of carbonyl (C=O) groups excluding carboxylic acids is 3. The third-order valence-electron chi connectivity index (χ3n) is 6.19. The van der Waals surface area contributed by atoms with Crippen LogP contribution >= 0.6 is 0 Å². The van der Waals surface area contributed by atoms with Gasteiger partial charge in [-0.05, 0) is 49.7 Å². The summed E-state index contributed by atoms with van der Waals surface area (Å²) >= 11 is 0. The molecule has 1 aromatic carbocycles. The van der Waals surface area contributed by atoms with Crippen molar-refractivity contribution in [2.45, 2.75) is 69.4 Å². The van der Waals surface area contributed by atoms with Gasteiger partial charge in [0.05, 0.1) is 6.04 Å². The van der Waals surface area contributed by atoms with Crippen LogP contribution in [0.3, 0.4) is 0 Å². The standard InChI is InChI=1S/C21H27N3O3/c25-18(22-17-10-5-8-15-7-1-2-9-16(15)17)11-6-14-24-19(26)21(23-20(24)27)12-3-4-13-21/h1-2,7,9,17H,3-6,8,10-14H2,(H,22,25)(H,23,27)/t17-/m0/s1. The molecule has 4 rings (SSSR count). The van der Waals surface area contributed by atoms with Crippen molar-refractivity contribution in [3.05, 3.63) is 35.4 Å². The largest absolute Gasteiger partial charge is 0.349 e. The lowest BCUT2D eigenvalue weighted by Gasteiger charge is -2.26. The van der Waals surface area contributed by atoms with Gasteiger partial charge in [0.2, 0.25) is 5.91 Å². The average Bonchev–Trinajstić information content (AvgIpc) is 3.22. The van der Waals surface area contributed by atoms with Crippen LogP contribution in [0.25, 0.3) is 0 Å². The van der Waals surface area contributed by atoms with Crippen LogP contribution in [0.15, 0.2) is 24.3 Å². The number of fused-ring (bicyclic) bond motifs is 1. The lowest BCUT2D eigenvalue weighted by Crippen LogP contribution is -2.44. The number of urea groups is 1. The second-order valence-corrected chi connectivity index (χ2v) is 7.99. The molecule has 4 amide bonds. The molecule has 0 bridgehead atoms. The molecule has 1 aromatic rings. The Morgan fingerprint density at radius 2 is 1.96 bits per heavy atom. The van der Waals surface area contributed by atoms with Crippen LogP contribution in [-0.4, -0.2) is 34.8 Å². The Bertz CT molecular complexity index is 755. The van der Waals surface area contributed by atoms with Crippen molar-refractivity contribution in [2.24, 2.45) is 0 Å². The summed E-state index contributed by atoms with van der Waals surface area (Å²) in [5, 5.41) is 6.01. The molecule has 2 N–H and O–H groups in total. The summed E-state index contributed by atoms with van der Waals surface area (Å²) in [7, 11) is 0. The Labute approximate surface area is 159 Å². The number of carbonyl (C=O) groups is 3. The molecule has 0 unspecified atom stereocenters. The Morgan fingerprint density at radius 3 is 2.78 bits per heavy atom. The molecular formula is C21H27N3O3. The molecule has 27 heavy (non-hydrogen) atoms. The van der Waals surface area contributed by atoms with Gasteiger partial charge in [0.1, 0.15) is 5.54 Å². The van der Waals surface area contributed by atoms with Crippen molar-refractivity contribution in [1.82, 2.24) is 15.5 Å². The number of nitrogens with one attached hydrogen (secondary N) is 2. The zero-order chi connectivity index (χ0) is 18.9. The van der Waals surface area contributed by atoms with E-state index >= 15 is 0 Å². The smallest absolute Gasteiger partial charge is 0.325 e. The monoisotopic (exact) mass is 369 g/mol. The predicted octanol–water partition coefficient (Wildman–Crippen LogP) is 2.83. The lowest BCUT2D eigenvalue weighted by atomic mass is 9.87. The molecule has 1 spiro atoms. The highest BCUT2D eigenvalue weighted by molar-refractivity contribution is 6.07. The first-order valence-electron chi connectivity index (χ1n) is 10.1. The Hall–Kier alpha value is -2.37. The van der Waals surface area contributed by atoms with Crippen molar-refractivity contribution in [2.75, 3.05) is 6.54 Å². The molecule has 2 aliphatic carbocycles. The topological polar surface area (TPSA) is 78.5 Å². The number of hydrogen-bond donors (Lipinski definition) is 2. The quantitative estimate of drug-likeness (QED) is 0.784. The number of nitrogens with zero attached hydrogens (tertiary/aromatic N) is 1. The minimum Gasteiger partial charge on any atom is -0.349 e. The van der Waals surface area contributed by atoms with Crippen LogP contribution in [-0.2, 0) is 16.0 Å². The zero-order valence-electron chi connectivity index (χ0n) is 15.6. The van der Waals surface area contributed by atoms with Gasteiger partial charge in [-0.25, -0.2) is 4.79 Å². The highest BCUT2D eigenvalue weighted by atomic mass is 16.2. The van der Waals surface area contributed by atoms with Gasteiger partial charge in [-0.1, -0.05) is 37.1 Å². The maximum Gasteiger partial charge on any atom is 0.325 e. The predicted molar refractivity (Wildman–Crippen MR) is 101 cm³/mol. The van der Waals surface area contributed by atoms with Gasteiger partial charge < -0.3 is 10.6 Å². The van der Waals surface area contributed by atoms with Crippen molar-refractivity contribution in [3.8, 4) is 0 Å². The van der Waals surface area contributed by atoms with E-state index in [0.29, 0.717) is 19.4 Å². The van der Waals surface area contributed by atoms with Crippen LogP contribution in [0.1, 0.15) is 68.5 Å². The summed E-state index contributed by atoms with van der Waals surface area (Å²) in [5.74, 6) is -0.119. The van der Waals surface area contributed by atoms with Crippen LogP contribution in [0, 0.1) is 0 Å². The van der Waals surface area contributed by atoms with E-state index < -0.39 is 5.54 Å². The third-order valence-corrected chi connectivity index (χ3v) is 6.19. The minimum atomic E-state index is -0.662. The first-order valence-corrected chi connectivity index (χ1v) is 10.1. The van der Waals surface area contributed by atoms with E-state index in [9.17, 15) is 14.4 Å². The van der Waals surface area contributed by atoms with E-state index in [1.165, 1.54) is 16.0 Å². The number of aryl methyl sites for hydroxylation is 1. The fourth-order valence-electron chi connectivity index (χ4n) is 4.76. The first kappa shape index (κ1) is 18.0. The summed E-state index contributed by atoms with van der Waals surface area (Å²) in [6.45, 7) is 0.307. The maximum atomic E-state index is 12.6. The van der Waals surface area contributed by atoms with Gasteiger partial charge in [0.25, 0.3) is 5.91 Å². The molecule has 144 valence electrons. The van der Waals surface area contributed by atoms with Crippen LogP contribution in [0.2, 0.25) is 0 Å².